The van der Waals surface area contributed by atoms with E-state index < -0.39 is 0 Å². The summed E-state index contributed by atoms with van der Waals surface area (Å²) in [6.45, 7) is 1.78. The van der Waals surface area contributed by atoms with Crippen molar-refractivity contribution < 1.29 is 4.79 Å². The molecule has 1 aromatic rings. The molecule has 0 aliphatic carbocycles. The lowest BCUT2D eigenvalue weighted by Crippen LogP contribution is -2.22. The lowest BCUT2D eigenvalue weighted by Gasteiger charge is -2.02. The van der Waals surface area contributed by atoms with Crippen LogP contribution in [0.2, 0.25) is 0 Å². The molecule has 4 nitrogen and oxygen atoms in total. The molecule has 1 rings (SSSR count). The number of hydrogen-bond acceptors (Lipinski definition) is 3. The molecule has 66 valence electrons. The maximum atomic E-state index is 10.7. The first-order chi connectivity index (χ1) is 5.59. The minimum Gasteiger partial charge on any atom is -0.369 e. The van der Waals surface area contributed by atoms with Crippen LogP contribution in [-0.4, -0.2) is 20.9 Å². The highest BCUT2D eigenvalue weighted by Gasteiger charge is 2.10. The highest BCUT2D eigenvalue weighted by atomic mass is 32.2. The lowest BCUT2D eigenvalue weighted by molar-refractivity contribution is -0.117. The van der Waals surface area contributed by atoms with E-state index in [9.17, 15) is 4.79 Å². The van der Waals surface area contributed by atoms with Gasteiger partial charge in [0.25, 0.3) is 0 Å². The number of rotatable bonds is 3. The van der Waals surface area contributed by atoms with Crippen molar-refractivity contribution in [1.29, 1.82) is 0 Å². The fourth-order valence-corrected chi connectivity index (χ4v) is 1.57. The van der Waals surface area contributed by atoms with Crippen molar-refractivity contribution in [2.45, 2.75) is 17.1 Å². The van der Waals surface area contributed by atoms with Gasteiger partial charge in [-0.2, -0.15) is 5.10 Å². The van der Waals surface area contributed by atoms with Gasteiger partial charge in [-0.3, -0.25) is 9.48 Å². The van der Waals surface area contributed by atoms with Crippen molar-refractivity contribution in [3.8, 4) is 0 Å². The molecule has 1 unspecified atom stereocenters. The number of carbonyl (C=O) groups excluding carboxylic acids is 1. The zero-order chi connectivity index (χ0) is 9.14. The van der Waals surface area contributed by atoms with Crippen molar-refractivity contribution >= 4 is 17.7 Å². The Morgan fingerprint density at radius 2 is 2.50 bits per heavy atom. The predicted molar refractivity (Wildman–Crippen MR) is 47.7 cm³/mol. The molecule has 1 heterocycles. The molecule has 0 fully saturated rings. The average molecular weight is 185 g/mol. The van der Waals surface area contributed by atoms with Crippen molar-refractivity contribution in [3.63, 3.8) is 0 Å². The van der Waals surface area contributed by atoms with Crippen LogP contribution >= 0.6 is 11.8 Å². The van der Waals surface area contributed by atoms with E-state index in [1.165, 1.54) is 11.8 Å². The van der Waals surface area contributed by atoms with Crippen LogP contribution in [0.25, 0.3) is 0 Å². The summed E-state index contributed by atoms with van der Waals surface area (Å²) in [6, 6.07) is 0. The van der Waals surface area contributed by atoms with Gasteiger partial charge in [0.1, 0.15) is 0 Å². The molecule has 0 aliphatic heterocycles. The maximum Gasteiger partial charge on any atom is 0.230 e. The van der Waals surface area contributed by atoms with Crippen molar-refractivity contribution in [2.75, 3.05) is 0 Å². The molecule has 0 spiro atoms. The molecular weight excluding hydrogens is 174 g/mol. The Morgan fingerprint density at radius 1 is 1.83 bits per heavy atom. The second-order valence-electron chi connectivity index (χ2n) is 2.51. The molecule has 0 aliphatic rings. The molecule has 0 saturated heterocycles. The first-order valence-corrected chi connectivity index (χ1v) is 4.42. The van der Waals surface area contributed by atoms with Crippen LogP contribution in [0.5, 0.6) is 0 Å². The Balaban J connectivity index is 2.58. The van der Waals surface area contributed by atoms with Gasteiger partial charge in [0.2, 0.25) is 5.91 Å². The number of aryl methyl sites for hydroxylation is 1. The Morgan fingerprint density at radius 3 is 2.92 bits per heavy atom. The van der Waals surface area contributed by atoms with Gasteiger partial charge in [0, 0.05) is 18.1 Å². The molecule has 5 heteroatoms. The Hall–Kier alpha value is -0.970. The van der Waals surface area contributed by atoms with Gasteiger partial charge in [-0.15, -0.1) is 11.8 Å². The molecule has 1 amide bonds. The van der Waals surface area contributed by atoms with Gasteiger partial charge in [-0.05, 0) is 6.92 Å². The third-order valence-corrected chi connectivity index (χ3v) is 2.46. The number of nitrogens with zero attached hydrogens (tertiary/aromatic N) is 2. The molecule has 0 radical (unpaired) electrons. The standard InChI is InChI=1S/C7H11N3OS/c1-5(7(8)11)12-6-3-9-10(2)4-6/h3-5H,1-2H3,(H2,8,11). The number of thioether (sulfide) groups is 1. The van der Waals surface area contributed by atoms with E-state index >= 15 is 0 Å². The quantitative estimate of drug-likeness (QED) is 0.693. The lowest BCUT2D eigenvalue weighted by atomic mass is 10.5. The number of amides is 1. The first kappa shape index (κ1) is 9.12. The van der Waals surface area contributed by atoms with Gasteiger partial charge in [0.05, 0.1) is 11.4 Å². The van der Waals surface area contributed by atoms with Gasteiger partial charge in [-0.1, -0.05) is 0 Å². The van der Waals surface area contributed by atoms with Crippen LogP contribution < -0.4 is 5.73 Å². The van der Waals surface area contributed by atoms with Crippen LogP contribution in [0.4, 0.5) is 0 Å². The second kappa shape index (κ2) is 3.62. The highest BCUT2D eigenvalue weighted by molar-refractivity contribution is 8.00. The number of carbonyl (C=O) groups is 1. The second-order valence-corrected chi connectivity index (χ2v) is 3.93. The molecule has 0 bridgehead atoms. The van der Waals surface area contributed by atoms with Gasteiger partial charge in [0.15, 0.2) is 0 Å². The fourth-order valence-electron chi connectivity index (χ4n) is 0.722. The summed E-state index contributed by atoms with van der Waals surface area (Å²) in [7, 11) is 1.83. The molecule has 0 aromatic carbocycles. The minimum atomic E-state index is -0.302. The van der Waals surface area contributed by atoms with Crippen LogP contribution in [0.1, 0.15) is 6.92 Å². The van der Waals surface area contributed by atoms with E-state index in [1.807, 2.05) is 13.2 Å². The fraction of sp³-hybridized carbons (Fsp3) is 0.429. The summed E-state index contributed by atoms with van der Waals surface area (Å²) in [4.78, 5) is 11.6. The number of nitrogens with two attached hydrogens (primary N) is 1. The van der Waals surface area contributed by atoms with E-state index in [4.69, 9.17) is 5.73 Å². The van der Waals surface area contributed by atoms with Crippen LogP contribution in [0.3, 0.4) is 0 Å². The Bertz CT molecular complexity index is 284. The monoisotopic (exact) mass is 185 g/mol. The van der Waals surface area contributed by atoms with Crippen molar-refractivity contribution in [3.05, 3.63) is 12.4 Å². The summed E-state index contributed by atoms with van der Waals surface area (Å²) in [5, 5.41) is 3.77. The first-order valence-electron chi connectivity index (χ1n) is 3.54. The molecule has 12 heavy (non-hydrogen) atoms. The van der Waals surface area contributed by atoms with Gasteiger partial charge < -0.3 is 5.73 Å². The summed E-state index contributed by atoms with van der Waals surface area (Å²) >= 11 is 1.41. The highest BCUT2D eigenvalue weighted by Crippen LogP contribution is 2.21. The number of aromatic nitrogens is 2. The van der Waals surface area contributed by atoms with Gasteiger partial charge >= 0.3 is 0 Å². The van der Waals surface area contributed by atoms with E-state index in [0.29, 0.717) is 0 Å². The number of hydrogen-bond donors (Lipinski definition) is 1. The van der Waals surface area contributed by atoms with E-state index in [0.717, 1.165) is 4.90 Å². The molecule has 1 aromatic heterocycles. The Kier molecular flexibility index (Phi) is 2.75. The van der Waals surface area contributed by atoms with E-state index in [1.54, 1.807) is 17.8 Å². The summed E-state index contributed by atoms with van der Waals surface area (Å²) in [6.07, 6.45) is 3.56. The normalized spacial score (nSPS) is 12.8. The molecule has 2 N–H and O–H groups in total. The van der Waals surface area contributed by atoms with Gasteiger partial charge in [-0.25, -0.2) is 0 Å². The van der Waals surface area contributed by atoms with E-state index in [-0.39, 0.29) is 11.2 Å². The summed E-state index contributed by atoms with van der Waals surface area (Å²) < 4.78 is 1.69. The smallest absolute Gasteiger partial charge is 0.230 e. The zero-order valence-corrected chi connectivity index (χ0v) is 7.84. The van der Waals surface area contributed by atoms with E-state index in [2.05, 4.69) is 5.10 Å². The van der Waals surface area contributed by atoms with Crippen LogP contribution in [0.15, 0.2) is 17.3 Å². The predicted octanol–water partition coefficient (Wildman–Crippen LogP) is 0.386. The van der Waals surface area contributed by atoms with Crippen molar-refractivity contribution in [2.24, 2.45) is 12.8 Å². The summed E-state index contributed by atoms with van der Waals surface area (Å²) in [5.41, 5.74) is 5.10. The van der Waals surface area contributed by atoms with Crippen molar-refractivity contribution in [1.82, 2.24) is 9.78 Å². The number of primary amides is 1. The Labute approximate surface area is 75.1 Å². The van der Waals surface area contributed by atoms with Crippen LogP contribution in [0, 0.1) is 0 Å². The molecular formula is C7H11N3OS. The maximum absolute atomic E-state index is 10.7. The largest absolute Gasteiger partial charge is 0.369 e. The third kappa shape index (κ3) is 2.27. The SMILES string of the molecule is CC(Sc1cnn(C)c1)C(N)=O. The molecule has 1 atom stereocenters. The zero-order valence-electron chi connectivity index (χ0n) is 7.02. The van der Waals surface area contributed by atoms with Crippen LogP contribution in [-0.2, 0) is 11.8 Å². The molecule has 0 saturated carbocycles. The average Bonchev–Trinajstić information content (AvgIpc) is 2.35. The third-order valence-electron chi connectivity index (χ3n) is 1.39. The topological polar surface area (TPSA) is 60.9 Å². The summed E-state index contributed by atoms with van der Waals surface area (Å²) in [5.74, 6) is -0.302. The minimum absolute atomic E-state index is 0.200.